The van der Waals surface area contributed by atoms with Crippen molar-refractivity contribution in [2.24, 2.45) is 0 Å². The van der Waals surface area contributed by atoms with E-state index in [4.69, 9.17) is 5.73 Å². The second-order valence-electron chi connectivity index (χ2n) is 5.14. The van der Waals surface area contributed by atoms with Crippen molar-refractivity contribution in [3.8, 4) is 0 Å². The number of rotatable bonds is 1. The number of aromatic nitrogens is 1. The number of hydrogen-bond donors (Lipinski definition) is 1. The molecular weight excluding hydrogens is 212 g/mol. The Balaban J connectivity index is 1.82. The number of anilines is 2. The maximum Gasteiger partial charge on any atom is 0.152 e. The van der Waals surface area contributed by atoms with Gasteiger partial charge in [-0.2, -0.15) is 0 Å². The second-order valence-corrected chi connectivity index (χ2v) is 5.14. The normalized spacial score (nSPS) is 25.0. The smallest absolute Gasteiger partial charge is 0.152 e. The molecule has 2 aliphatic rings. The van der Waals surface area contributed by atoms with E-state index in [9.17, 15) is 0 Å². The van der Waals surface area contributed by atoms with Crippen molar-refractivity contribution in [2.75, 3.05) is 36.8 Å². The zero-order valence-corrected chi connectivity index (χ0v) is 10.4. The molecule has 1 aromatic heterocycles. The van der Waals surface area contributed by atoms with Crippen LogP contribution in [0.3, 0.4) is 0 Å². The third-order valence-corrected chi connectivity index (χ3v) is 3.93. The van der Waals surface area contributed by atoms with Crippen molar-refractivity contribution in [1.29, 1.82) is 0 Å². The molecule has 4 nitrogen and oxygen atoms in total. The van der Waals surface area contributed by atoms with Crippen molar-refractivity contribution in [1.82, 2.24) is 9.88 Å². The SMILES string of the molecule is Cc1ccc(N)c(N2CCN3CCCC3C2)n1. The lowest BCUT2D eigenvalue weighted by Gasteiger charge is -2.38. The maximum atomic E-state index is 6.04. The first-order valence-electron chi connectivity index (χ1n) is 6.46. The molecule has 2 N–H and O–H groups in total. The molecule has 1 unspecified atom stereocenters. The highest BCUT2D eigenvalue weighted by molar-refractivity contribution is 5.63. The van der Waals surface area contributed by atoms with Crippen LogP contribution < -0.4 is 10.6 Å². The average Bonchev–Trinajstić information content (AvgIpc) is 2.79. The number of fused-ring (bicyclic) bond motifs is 1. The van der Waals surface area contributed by atoms with Gasteiger partial charge in [-0.1, -0.05) is 0 Å². The standard InChI is InChI=1S/C13H20N4/c1-10-4-5-12(14)13(15-10)17-8-7-16-6-2-3-11(16)9-17/h4-5,11H,2-3,6-9,14H2,1H3. The Bertz CT molecular complexity index is 418. The van der Waals surface area contributed by atoms with Gasteiger partial charge in [-0.05, 0) is 38.4 Å². The summed E-state index contributed by atoms with van der Waals surface area (Å²) in [7, 11) is 0. The molecule has 4 heteroatoms. The van der Waals surface area contributed by atoms with Gasteiger partial charge in [0.1, 0.15) is 0 Å². The Hall–Kier alpha value is -1.29. The Kier molecular flexibility index (Phi) is 2.67. The summed E-state index contributed by atoms with van der Waals surface area (Å²) in [5.74, 6) is 0.983. The highest BCUT2D eigenvalue weighted by Crippen LogP contribution is 2.27. The molecule has 3 rings (SSSR count). The van der Waals surface area contributed by atoms with Crippen LogP contribution in [0.5, 0.6) is 0 Å². The first kappa shape index (κ1) is 10.8. The Labute approximate surface area is 102 Å². The minimum Gasteiger partial charge on any atom is -0.396 e. The van der Waals surface area contributed by atoms with Gasteiger partial charge >= 0.3 is 0 Å². The average molecular weight is 232 g/mol. The van der Waals surface area contributed by atoms with Crippen LogP contribution in [0, 0.1) is 6.92 Å². The number of aryl methyl sites for hydroxylation is 1. The van der Waals surface area contributed by atoms with Gasteiger partial charge in [0.05, 0.1) is 5.69 Å². The van der Waals surface area contributed by atoms with Gasteiger partial charge in [0.15, 0.2) is 5.82 Å². The van der Waals surface area contributed by atoms with Gasteiger partial charge in [-0.15, -0.1) is 0 Å². The minimum atomic E-state index is 0.713. The molecule has 92 valence electrons. The summed E-state index contributed by atoms with van der Waals surface area (Å²) in [6, 6.07) is 4.66. The van der Waals surface area contributed by atoms with Crippen LogP contribution in [0.4, 0.5) is 11.5 Å². The van der Waals surface area contributed by atoms with Crippen molar-refractivity contribution in [3.63, 3.8) is 0 Å². The van der Waals surface area contributed by atoms with Crippen LogP contribution in [-0.4, -0.2) is 42.1 Å². The van der Waals surface area contributed by atoms with Crippen molar-refractivity contribution >= 4 is 11.5 Å². The Morgan fingerprint density at radius 3 is 3.06 bits per heavy atom. The fourth-order valence-corrected chi connectivity index (χ4v) is 2.99. The summed E-state index contributed by atoms with van der Waals surface area (Å²) in [5.41, 5.74) is 7.89. The largest absolute Gasteiger partial charge is 0.396 e. The van der Waals surface area contributed by atoms with Crippen molar-refractivity contribution < 1.29 is 0 Å². The number of hydrogen-bond acceptors (Lipinski definition) is 4. The third kappa shape index (κ3) is 1.97. The molecule has 2 aliphatic heterocycles. The Morgan fingerprint density at radius 2 is 2.18 bits per heavy atom. The van der Waals surface area contributed by atoms with E-state index in [1.807, 2.05) is 19.1 Å². The summed E-state index contributed by atoms with van der Waals surface area (Å²) >= 11 is 0. The third-order valence-electron chi connectivity index (χ3n) is 3.93. The van der Waals surface area contributed by atoms with Crippen LogP contribution >= 0.6 is 0 Å². The highest BCUT2D eigenvalue weighted by Gasteiger charge is 2.31. The van der Waals surface area contributed by atoms with E-state index in [1.54, 1.807) is 0 Å². The maximum absolute atomic E-state index is 6.04. The lowest BCUT2D eigenvalue weighted by molar-refractivity contribution is 0.230. The summed E-state index contributed by atoms with van der Waals surface area (Å²) in [4.78, 5) is 9.55. The van der Waals surface area contributed by atoms with Gasteiger partial charge in [-0.25, -0.2) is 4.98 Å². The number of nitrogens with zero attached hydrogens (tertiary/aromatic N) is 3. The molecule has 0 amide bonds. The lowest BCUT2D eigenvalue weighted by atomic mass is 10.1. The van der Waals surface area contributed by atoms with Crippen LogP contribution in [0.15, 0.2) is 12.1 Å². The van der Waals surface area contributed by atoms with Gasteiger partial charge in [0, 0.05) is 31.4 Å². The number of nitrogens with two attached hydrogens (primary N) is 1. The van der Waals surface area contributed by atoms with Crippen LogP contribution in [0.2, 0.25) is 0 Å². The summed E-state index contributed by atoms with van der Waals surface area (Å²) in [6.45, 7) is 6.58. The molecule has 0 saturated carbocycles. The monoisotopic (exact) mass is 232 g/mol. The number of piperazine rings is 1. The second kappa shape index (κ2) is 4.18. The zero-order chi connectivity index (χ0) is 11.8. The molecule has 0 spiro atoms. The van der Waals surface area contributed by atoms with E-state index >= 15 is 0 Å². The van der Waals surface area contributed by atoms with E-state index in [1.165, 1.54) is 19.4 Å². The summed E-state index contributed by atoms with van der Waals surface area (Å²) in [5, 5.41) is 0. The molecule has 3 heterocycles. The molecule has 1 atom stereocenters. The Morgan fingerprint density at radius 1 is 1.29 bits per heavy atom. The number of pyridine rings is 1. The molecule has 1 aromatic rings. The predicted octanol–water partition coefficient (Wildman–Crippen LogP) is 1.26. The zero-order valence-electron chi connectivity index (χ0n) is 10.4. The van der Waals surface area contributed by atoms with Gasteiger partial charge in [0.25, 0.3) is 0 Å². The molecule has 17 heavy (non-hydrogen) atoms. The molecule has 0 aromatic carbocycles. The first-order valence-corrected chi connectivity index (χ1v) is 6.46. The van der Waals surface area contributed by atoms with E-state index in [0.29, 0.717) is 6.04 Å². The molecule has 2 saturated heterocycles. The minimum absolute atomic E-state index is 0.713. The topological polar surface area (TPSA) is 45.4 Å². The first-order chi connectivity index (χ1) is 8.24. The van der Waals surface area contributed by atoms with Crippen LogP contribution in [0.1, 0.15) is 18.5 Å². The molecular formula is C13H20N4. The lowest BCUT2D eigenvalue weighted by Crippen LogP contribution is -2.50. The van der Waals surface area contributed by atoms with Gasteiger partial charge in [0.2, 0.25) is 0 Å². The van der Waals surface area contributed by atoms with Crippen LogP contribution in [0.25, 0.3) is 0 Å². The van der Waals surface area contributed by atoms with Crippen LogP contribution in [-0.2, 0) is 0 Å². The summed E-state index contributed by atoms with van der Waals surface area (Å²) < 4.78 is 0. The van der Waals surface area contributed by atoms with E-state index in [-0.39, 0.29) is 0 Å². The van der Waals surface area contributed by atoms with E-state index in [2.05, 4.69) is 14.8 Å². The predicted molar refractivity (Wildman–Crippen MR) is 70.2 cm³/mol. The van der Waals surface area contributed by atoms with Crippen molar-refractivity contribution in [2.45, 2.75) is 25.8 Å². The van der Waals surface area contributed by atoms with Gasteiger partial charge < -0.3 is 10.6 Å². The molecule has 0 radical (unpaired) electrons. The molecule has 0 aliphatic carbocycles. The van der Waals surface area contributed by atoms with E-state index < -0.39 is 0 Å². The van der Waals surface area contributed by atoms with E-state index in [0.717, 1.165) is 36.8 Å². The number of nitrogen functional groups attached to an aromatic ring is 1. The fourth-order valence-electron chi connectivity index (χ4n) is 2.99. The summed E-state index contributed by atoms with van der Waals surface area (Å²) in [6.07, 6.45) is 2.66. The highest BCUT2D eigenvalue weighted by atomic mass is 15.3. The van der Waals surface area contributed by atoms with Gasteiger partial charge in [-0.3, -0.25) is 4.90 Å². The molecule has 2 fully saturated rings. The van der Waals surface area contributed by atoms with Crippen molar-refractivity contribution in [3.05, 3.63) is 17.8 Å². The molecule has 0 bridgehead atoms. The quantitative estimate of drug-likeness (QED) is 0.791. The fraction of sp³-hybridized carbons (Fsp3) is 0.615.